The highest BCUT2D eigenvalue weighted by Gasteiger charge is 2.35. The van der Waals surface area contributed by atoms with E-state index in [4.69, 9.17) is 0 Å². The summed E-state index contributed by atoms with van der Waals surface area (Å²) in [5.74, 6) is -1.41. The van der Waals surface area contributed by atoms with Gasteiger partial charge >= 0.3 is 0 Å². The Balaban J connectivity index is 0.00000302. The first-order chi connectivity index (χ1) is 15.0. The van der Waals surface area contributed by atoms with Crippen LogP contribution in [-0.2, 0) is 24.0 Å². The highest BCUT2D eigenvalue weighted by molar-refractivity contribution is 6.03. The molecule has 2 unspecified atom stereocenters. The number of hydrogen-bond acceptors (Lipinski definition) is 5. The Morgan fingerprint density at radius 1 is 1.12 bits per heavy atom. The Hall–Kier alpha value is -2.45. The molecule has 2 atom stereocenters. The predicted molar refractivity (Wildman–Crippen MR) is 123 cm³/mol. The molecule has 9 nitrogen and oxygen atoms in total. The molecule has 1 heterocycles. The lowest BCUT2D eigenvalue weighted by Crippen LogP contribution is -2.52. The molecule has 0 spiro atoms. The average Bonchev–Trinajstić information content (AvgIpc) is 2.97. The lowest BCUT2D eigenvalue weighted by Gasteiger charge is -2.30. The molecule has 1 saturated heterocycles. The van der Waals surface area contributed by atoms with E-state index in [9.17, 15) is 24.0 Å². The Morgan fingerprint density at radius 2 is 1.72 bits per heavy atom. The molecule has 1 aliphatic rings. The molecular weight excluding hydrogens is 412 g/mol. The zero-order chi connectivity index (χ0) is 24.8. The van der Waals surface area contributed by atoms with E-state index in [0.29, 0.717) is 25.8 Å². The third-order valence-electron chi connectivity index (χ3n) is 5.15. The lowest BCUT2D eigenvalue weighted by molar-refractivity contribution is -0.141. The van der Waals surface area contributed by atoms with Gasteiger partial charge in [0.15, 0.2) is 0 Å². The van der Waals surface area contributed by atoms with Crippen molar-refractivity contribution in [2.75, 3.05) is 27.2 Å². The van der Waals surface area contributed by atoms with Gasteiger partial charge in [-0.15, -0.1) is 0 Å². The SMILES string of the molecule is CCC.CNC(=O)CNC(=O)C(C(C)C)N(C)C(=O)CCCCCN1C(=O)CC(C)C1=O. The summed E-state index contributed by atoms with van der Waals surface area (Å²) in [6.45, 7) is 9.96. The molecule has 1 rings (SSSR count). The molecule has 1 fully saturated rings. The van der Waals surface area contributed by atoms with E-state index in [2.05, 4.69) is 24.5 Å². The molecule has 0 saturated carbocycles. The monoisotopic (exact) mass is 454 g/mol. The molecule has 9 heteroatoms. The molecule has 0 radical (unpaired) electrons. The van der Waals surface area contributed by atoms with Crippen molar-refractivity contribution >= 4 is 29.5 Å². The van der Waals surface area contributed by atoms with E-state index >= 15 is 0 Å². The van der Waals surface area contributed by atoms with E-state index in [1.807, 2.05) is 13.8 Å². The molecule has 32 heavy (non-hydrogen) atoms. The van der Waals surface area contributed by atoms with Gasteiger partial charge in [-0.1, -0.05) is 47.5 Å². The number of likely N-dealkylation sites (N-methyl/N-ethyl adjacent to an activating group) is 2. The Morgan fingerprint density at radius 3 is 2.19 bits per heavy atom. The van der Waals surface area contributed by atoms with Gasteiger partial charge in [-0.25, -0.2) is 0 Å². The molecule has 5 amide bonds. The van der Waals surface area contributed by atoms with Gasteiger partial charge in [0.2, 0.25) is 29.5 Å². The van der Waals surface area contributed by atoms with Crippen LogP contribution in [0.3, 0.4) is 0 Å². The van der Waals surface area contributed by atoms with Crippen molar-refractivity contribution in [1.29, 1.82) is 0 Å². The maximum absolute atomic E-state index is 12.5. The molecule has 0 aromatic heterocycles. The summed E-state index contributed by atoms with van der Waals surface area (Å²) >= 11 is 0. The van der Waals surface area contributed by atoms with Crippen LogP contribution in [0.15, 0.2) is 0 Å². The number of nitrogens with one attached hydrogen (secondary N) is 2. The summed E-state index contributed by atoms with van der Waals surface area (Å²) in [6, 6.07) is -0.659. The minimum atomic E-state index is -0.659. The van der Waals surface area contributed by atoms with Crippen molar-refractivity contribution in [2.24, 2.45) is 11.8 Å². The van der Waals surface area contributed by atoms with Gasteiger partial charge in [0.05, 0.1) is 6.54 Å². The van der Waals surface area contributed by atoms with Crippen LogP contribution in [0.5, 0.6) is 0 Å². The van der Waals surface area contributed by atoms with Crippen molar-refractivity contribution in [1.82, 2.24) is 20.4 Å². The molecule has 2 N–H and O–H groups in total. The van der Waals surface area contributed by atoms with Crippen molar-refractivity contribution in [3.05, 3.63) is 0 Å². The number of carbonyl (C=O) groups excluding carboxylic acids is 5. The van der Waals surface area contributed by atoms with E-state index in [1.54, 1.807) is 14.0 Å². The smallest absolute Gasteiger partial charge is 0.243 e. The normalized spacial score (nSPS) is 16.4. The maximum atomic E-state index is 12.5. The first kappa shape index (κ1) is 29.5. The number of likely N-dealkylation sites (tertiary alicyclic amines) is 1. The van der Waals surface area contributed by atoms with E-state index in [0.717, 1.165) is 0 Å². The van der Waals surface area contributed by atoms with Crippen LogP contribution < -0.4 is 10.6 Å². The number of hydrogen-bond donors (Lipinski definition) is 2. The van der Waals surface area contributed by atoms with Crippen LogP contribution >= 0.6 is 0 Å². The lowest BCUT2D eigenvalue weighted by atomic mass is 10.0. The molecule has 0 aromatic carbocycles. The van der Waals surface area contributed by atoms with Crippen LogP contribution in [0.2, 0.25) is 0 Å². The van der Waals surface area contributed by atoms with Crippen LogP contribution in [0.1, 0.15) is 73.1 Å². The number of nitrogens with zero attached hydrogens (tertiary/aromatic N) is 2. The summed E-state index contributed by atoms with van der Waals surface area (Å²) < 4.78 is 0. The third kappa shape index (κ3) is 9.78. The van der Waals surface area contributed by atoms with E-state index < -0.39 is 6.04 Å². The van der Waals surface area contributed by atoms with Crippen molar-refractivity contribution in [3.8, 4) is 0 Å². The molecule has 0 aliphatic carbocycles. The molecule has 184 valence electrons. The Kier molecular flexibility index (Phi) is 14.2. The quantitative estimate of drug-likeness (QED) is 0.364. The second-order valence-electron chi connectivity index (χ2n) is 8.59. The summed E-state index contributed by atoms with van der Waals surface area (Å²) in [7, 11) is 3.08. The van der Waals surface area contributed by atoms with Gasteiger partial charge in [0.1, 0.15) is 6.04 Å². The summed E-state index contributed by atoms with van der Waals surface area (Å²) in [6.07, 6.45) is 3.78. The second kappa shape index (κ2) is 15.4. The molecular formula is C23H42N4O5. The average molecular weight is 455 g/mol. The first-order valence-electron chi connectivity index (χ1n) is 11.6. The highest BCUT2D eigenvalue weighted by atomic mass is 16.2. The highest BCUT2D eigenvalue weighted by Crippen LogP contribution is 2.19. The Labute approximate surface area is 192 Å². The standard InChI is InChI=1S/C20H34N4O5.C3H8/c1-13(2)18(19(28)22-12-15(25)21-4)23(5)16(26)9-7-6-8-10-24-17(27)11-14(3)20(24)29;1-3-2/h13-14,18H,6-12H2,1-5H3,(H,21,25)(H,22,28);3H2,1-2H3. The minimum absolute atomic E-state index is 0.109. The van der Waals surface area contributed by atoms with Crippen LogP contribution in [0.4, 0.5) is 0 Å². The number of unbranched alkanes of at least 4 members (excludes halogenated alkanes) is 2. The fourth-order valence-electron chi connectivity index (χ4n) is 3.42. The van der Waals surface area contributed by atoms with E-state index in [-0.39, 0.29) is 60.8 Å². The largest absolute Gasteiger partial charge is 0.358 e. The molecule has 0 aromatic rings. The van der Waals surface area contributed by atoms with Crippen molar-refractivity contribution < 1.29 is 24.0 Å². The number of amides is 5. The molecule has 0 bridgehead atoms. The zero-order valence-electron chi connectivity index (χ0n) is 20.8. The minimum Gasteiger partial charge on any atom is -0.358 e. The summed E-state index contributed by atoms with van der Waals surface area (Å²) in [5.41, 5.74) is 0. The topological polar surface area (TPSA) is 116 Å². The van der Waals surface area contributed by atoms with Gasteiger partial charge in [-0.3, -0.25) is 28.9 Å². The van der Waals surface area contributed by atoms with E-state index in [1.165, 1.54) is 23.3 Å². The fourth-order valence-corrected chi connectivity index (χ4v) is 3.42. The van der Waals surface area contributed by atoms with Gasteiger partial charge < -0.3 is 15.5 Å². The summed E-state index contributed by atoms with van der Waals surface area (Å²) in [5, 5.41) is 4.98. The zero-order valence-corrected chi connectivity index (χ0v) is 20.8. The van der Waals surface area contributed by atoms with Crippen LogP contribution in [-0.4, -0.2) is 72.6 Å². The second-order valence-corrected chi connectivity index (χ2v) is 8.59. The summed E-state index contributed by atoms with van der Waals surface area (Å²) in [4.78, 5) is 62.6. The Bertz CT molecular complexity index is 650. The predicted octanol–water partition coefficient (Wildman–Crippen LogP) is 1.70. The van der Waals surface area contributed by atoms with Crippen LogP contribution in [0, 0.1) is 11.8 Å². The molecule has 1 aliphatic heterocycles. The first-order valence-corrected chi connectivity index (χ1v) is 11.6. The van der Waals surface area contributed by atoms with Gasteiger partial charge in [0.25, 0.3) is 0 Å². The number of imide groups is 1. The van der Waals surface area contributed by atoms with Crippen molar-refractivity contribution in [3.63, 3.8) is 0 Å². The fraction of sp³-hybridized carbons (Fsp3) is 0.783. The van der Waals surface area contributed by atoms with Crippen molar-refractivity contribution in [2.45, 2.75) is 79.2 Å². The van der Waals surface area contributed by atoms with Crippen LogP contribution in [0.25, 0.3) is 0 Å². The maximum Gasteiger partial charge on any atom is 0.243 e. The van der Waals surface area contributed by atoms with Gasteiger partial charge in [-0.2, -0.15) is 0 Å². The third-order valence-corrected chi connectivity index (χ3v) is 5.15. The van der Waals surface area contributed by atoms with Gasteiger partial charge in [0, 0.05) is 39.4 Å². The number of rotatable bonds is 11. The van der Waals surface area contributed by atoms with Gasteiger partial charge in [-0.05, 0) is 18.8 Å². The number of carbonyl (C=O) groups is 5.